The highest BCUT2D eigenvalue weighted by Crippen LogP contribution is 2.31. The van der Waals surface area contributed by atoms with Gasteiger partial charge in [-0.3, -0.25) is 0 Å². The van der Waals surface area contributed by atoms with Gasteiger partial charge in [0.15, 0.2) is 5.82 Å². The number of nitrogens with zero attached hydrogens (tertiary/aromatic N) is 2. The zero-order valence-corrected chi connectivity index (χ0v) is 13.3. The molecular formula is C16H10BrClN2O. The third kappa shape index (κ3) is 2.24. The molecule has 0 N–H and O–H groups in total. The maximum Gasteiger partial charge on any atom is 0.161 e. The number of halogens is 2. The molecule has 0 unspecified atom stereocenters. The van der Waals surface area contributed by atoms with Gasteiger partial charge in [0.05, 0.1) is 18.7 Å². The molecule has 0 atom stereocenters. The van der Waals surface area contributed by atoms with Crippen molar-refractivity contribution in [2.24, 2.45) is 0 Å². The molecular weight excluding hydrogens is 352 g/mol. The summed E-state index contributed by atoms with van der Waals surface area (Å²) in [5.41, 5.74) is 4.20. The summed E-state index contributed by atoms with van der Waals surface area (Å²) in [5, 5.41) is 1.31. The first-order valence-corrected chi connectivity index (χ1v) is 7.71. The third-order valence-corrected chi connectivity index (χ3v) is 4.54. The zero-order valence-electron chi connectivity index (χ0n) is 10.9. The van der Waals surface area contributed by atoms with E-state index in [0.717, 1.165) is 20.9 Å². The number of ether oxygens (including phenoxy) is 1. The van der Waals surface area contributed by atoms with Crippen molar-refractivity contribution in [2.45, 2.75) is 13.2 Å². The first kappa shape index (κ1) is 13.2. The summed E-state index contributed by atoms with van der Waals surface area (Å²) in [4.78, 5) is 9.08. The number of benzene rings is 2. The van der Waals surface area contributed by atoms with Crippen LogP contribution in [0.15, 0.2) is 40.9 Å². The van der Waals surface area contributed by atoms with Gasteiger partial charge in [-0.05, 0) is 45.3 Å². The molecule has 3 aromatic rings. The molecule has 104 valence electrons. The van der Waals surface area contributed by atoms with Crippen molar-refractivity contribution in [1.29, 1.82) is 0 Å². The minimum absolute atomic E-state index is 0.466. The Balaban J connectivity index is 1.92. The molecule has 0 saturated carbocycles. The standard InChI is InChI=1S/C16H10BrClN2O/c17-13-3-1-2-12-14(13)19-16(20-15(12)18)9-4-5-10-7-21-8-11(10)6-9/h1-6H,7-8H2. The fourth-order valence-electron chi connectivity index (χ4n) is 2.52. The summed E-state index contributed by atoms with van der Waals surface area (Å²) >= 11 is 9.82. The van der Waals surface area contributed by atoms with Crippen LogP contribution in [-0.4, -0.2) is 9.97 Å². The van der Waals surface area contributed by atoms with Crippen LogP contribution >= 0.6 is 27.5 Å². The largest absolute Gasteiger partial charge is 0.372 e. The molecule has 0 bridgehead atoms. The lowest BCUT2D eigenvalue weighted by Crippen LogP contribution is -1.94. The van der Waals surface area contributed by atoms with Gasteiger partial charge in [-0.1, -0.05) is 29.8 Å². The predicted octanol–water partition coefficient (Wildman–Crippen LogP) is 4.74. The summed E-state index contributed by atoms with van der Waals surface area (Å²) < 4.78 is 6.36. The van der Waals surface area contributed by atoms with Crippen molar-refractivity contribution in [3.8, 4) is 11.4 Å². The Morgan fingerprint density at radius 2 is 1.90 bits per heavy atom. The molecule has 0 saturated heterocycles. The number of hydrogen-bond acceptors (Lipinski definition) is 3. The van der Waals surface area contributed by atoms with E-state index in [2.05, 4.69) is 38.0 Å². The van der Waals surface area contributed by atoms with E-state index in [9.17, 15) is 0 Å². The van der Waals surface area contributed by atoms with Crippen molar-refractivity contribution in [1.82, 2.24) is 9.97 Å². The third-order valence-electron chi connectivity index (χ3n) is 3.61. The lowest BCUT2D eigenvalue weighted by molar-refractivity contribution is 0.134. The molecule has 0 radical (unpaired) electrons. The smallest absolute Gasteiger partial charge is 0.161 e. The highest BCUT2D eigenvalue weighted by Gasteiger charge is 2.14. The van der Waals surface area contributed by atoms with Crippen LogP contribution in [0.1, 0.15) is 11.1 Å². The molecule has 2 heterocycles. The molecule has 1 aromatic heterocycles. The van der Waals surface area contributed by atoms with E-state index >= 15 is 0 Å². The van der Waals surface area contributed by atoms with E-state index in [-0.39, 0.29) is 0 Å². The van der Waals surface area contributed by atoms with Crippen molar-refractivity contribution in [3.05, 3.63) is 57.2 Å². The van der Waals surface area contributed by atoms with E-state index in [1.165, 1.54) is 11.1 Å². The van der Waals surface area contributed by atoms with E-state index in [0.29, 0.717) is 24.2 Å². The lowest BCUT2D eigenvalue weighted by atomic mass is 10.1. The number of para-hydroxylation sites is 1. The first-order chi connectivity index (χ1) is 10.2. The van der Waals surface area contributed by atoms with E-state index in [1.54, 1.807) is 0 Å². The summed E-state index contributed by atoms with van der Waals surface area (Å²) in [7, 11) is 0. The van der Waals surface area contributed by atoms with Gasteiger partial charge in [-0.2, -0.15) is 0 Å². The van der Waals surface area contributed by atoms with Crippen LogP contribution in [0.4, 0.5) is 0 Å². The van der Waals surface area contributed by atoms with Crippen molar-refractivity contribution >= 4 is 38.4 Å². The summed E-state index contributed by atoms with van der Waals surface area (Å²) in [5.74, 6) is 0.633. The normalized spacial score (nSPS) is 13.6. The summed E-state index contributed by atoms with van der Waals surface area (Å²) in [6.07, 6.45) is 0. The number of fused-ring (bicyclic) bond motifs is 2. The van der Waals surface area contributed by atoms with Gasteiger partial charge in [0, 0.05) is 15.4 Å². The Morgan fingerprint density at radius 3 is 2.81 bits per heavy atom. The quantitative estimate of drug-likeness (QED) is 0.587. The molecule has 5 heteroatoms. The van der Waals surface area contributed by atoms with Crippen LogP contribution in [0.2, 0.25) is 5.15 Å². The highest BCUT2D eigenvalue weighted by atomic mass is 79.9. The monoisotopic (exact) mass is 360 g/mol. The Kier molecular flexibility index (Phi) is 3.17. The van der Waals surface area contributed by atoms with Crippen LogP contribution < -0.4 is 0 Å². The van der Waals surface area contributed by atoms with E-state index in [4.69, 9.17) is 16.3 Å². The average molecular weight is 362 g/mol. The molecule has 0 spiro atoms. The van der Waals surface area contributed by atoms with Gasteiger partial charge >= 0.3 is 0 Å². The number of aromatic nitrogens is 2. The maximum absolute atomic E-state index is 6.30. The van der Waals surface area contributed by atoms with Gasteiger partial charge < -0.3 is 4.74 Å². The lowest BCUT2D eigenvalue weighted by Gasteiger charge is -2.07. The average Bonchev–Trinajstić information content (AvgIpc) is 2.95. The summed E-state index contributed by atoms with van der Waals surface area (Å²) in [6, 6.07) is 12.0. The molecule has 0 aliphatic carbocycles. The van der Waals surface area contributed by atoms with Gasteiger partial charge in [-0.15, -0.1) is 0 Å². The minimum Gasteiger partial charge on any atom is -0.372 e. The van der Waals surface area contributed by atoms with Crippen LogP contribution in [0.3, 0.4) is 0 Å². The van der Waals surface area contributed by atoms with Crippen LogP contribution in [0.25, 0.3) is 22.3 Å². The summed E-state index contributed by atoms with van der Waals surface area (Å²) in [6.45, 7) is 1.33. The minimum atomic E-state index is 0.466. The second-order valence-electron chi connectivity index (χ2n) is 4.95. The number of rotatable bonds is 1. The van der Waals surface area contributed by atoms with Crippen LogP contribution in [-0.2, 0) is 18.0 Å². The Bertz CT molecular complexity index is 866. The second-order valence-corrected chi connectivity index (χ2v) is 6.16. The Labute approximate surface area is 135 Å². The van der Waals surface area contributed by atoms with Crippen LogP contribution in [0.5, 0.6) is 0 Å². The highest BCUT2D eigenvalue weighted by molar-refractivity contribution is 9.10. The van der Waals surface area contributed by atoms with Crippen molar-refractivity contribution in [3.63, 3.8) is 0 Å². The van der Waals surface area contributed by atoms with Gasteiger partial charge in [0.1, 0.15) is 5.15 Å². The maximum atomic E-state index is 6.30. The Morgan fingerprint density at radius 1 is 1.05 bits per heavy atom. The van der Waals surface area contributed by atoms with E-state index in [1.807, 2.05) is 24.3 Å². The first-order valence-electron chi connectivity index (χ1n) is 6.54. The fraction of sp³-hybridized carbons (Fsp3) is 0.125. The number of hydrogen-bond donors (Lipinski definition) is 0. The molecule has 21 heavy (non-hydrogen) atoms. The topological polar surface area (TPSA) is 35.0 Å². The molecule has 1 aliphatic heterocycles. The molecule has 2 aromatic carbocycles. The fourth-order valence-corrected chi connectivity index (χ4v) is 3.21. The molecule has 0 amide bonds. The van der Waals surface area contributed by atoms with Crippen LogP contribution in [0, 0.1) is 0 Å². The predicted molar refractivity (Wildman–Crippen MR) is 86.2 cm³/mol. The molecule has 4 rings (SSSR count). The van der Waals surface area contributed by atoms with Gasteiger partial charge in [0.2, 0.25) is 0 Å². The van der Waals surface area contributed by atoms with E-state index < -0.39 is 0 Å². The SMILES string of the molecule is Clc1nc(-c2ccc3c(c2)COC3)nc2c(Br)cccc12. The Hall–Kier alpha value is -1.49. The van der Waals surface area contributed by atoms with Crippen molar-refractivity contribution < 1.29 is 4.74 Å². The second kappa shape index (κ2) is 5.05. The van der Waals surface area contributed by atoms with Gasteiger partial charge in [-0.25, -0.2) is 9.97 Å². The zero-order chi connectivity index (χ0) is 14.4. The molecule has 1 aliphatic rings. The molecule has 0 fully saturated rings. The van der Waals surface area contributed by atoms with Gasteiger partial charge in [0.25, 0.3) is 0 Å². The van der Waals surface area contributed by atoms with Crippen molar-refractivity contribution in [2.75, 3.05) is 0 Å². The molecule has 3 nitrogen and oxygen atoms in total.